The van der Waals surface area contributed by atoms with Crippen molar-refractivity contribution in [2.24, 2.45) is 0 Å². The summed E-state index contributed by atoms with van der Waals surface area (Å²) in [6.07, 6.45) is 9.00. The van der Waals surface area contributed by atoms with Gasteiger partial charge in [0.2, 0.25) is 0 Å². The second-order valence-corrected chi connectivity index (χ2v) is 9.22. The van der Waals surface area contributed by atoms with Crippen LogP contribution in [0.2, 0.25) is 0 Å². The van der Waals surface area contributed by atoms with Gasteiger partial charge in [0.25, 0.3) is 0 Å². The molecule has 0 amide bonds. The molecule has 3 heterocycles. The van der Waals surface area contributed by atoms with Crippen LogP contribution in [0.25, 0.3) is 0 Å². The van der Waals surface area contributed by atoms with E-state index >= 15 is 0 Å². The summed E-state index contributed by atoms with van der Waals surface area (Å²) < 4.78 is 5.55. The van der Waals surface area contributed by atoms with Gasteiger partial charge in [-0.2, -0.15) is 5.10 Å². The fourth-order valence-electron chi connectivity index (χ4n) is 5.44. The monoisotopic (exact) mass is 409 g/mol. The van der Waals surface area contributed by atoms with Gasteiger partial charge in [0.05, 0.1) is 13.2 Å². The first-order valence-electron chi connectivity index (χ1n) is 11.9. The van der Waals surface area contributed by atoms with E-state index in [2.05, 4.69) is 44.3 Å². The topological polar surface area (TPSA) is 57.3 Å². The Kier molecular flexibility index (Phi) is 6.32. The molecule has 1 aromatic heterocycles. The summed E-state index contributed by atoms with van der Waals surface area (Å²) in [6, 6.07) is 8.90. The van der Waals surface area contributed by atoms with Gasteiger partial charge in [-0.15, -0.1) is 0 Å². The second-order valence-electron chi connectivity index (χ2n) is 9.22. The van der Waals surface area contributed by atoms with E-state index in [4.69, 9.17) is 9.72 Å². The lowest BCUT2D eigenvalue weighted by molar-refractivity contribution is 0.122. The zero-order valence-corrected chi connectivity index (χ0v) is 18.1. The van der Waals surface area contributed by atoms with E-state index in [0.717, 1.165) is 57.6 Å². The third kappa shape index (κ3) is 4.54. The Balaban J connectivity index is 1.25. The molecule has 0 radical (unpaired) electrons. The number of likely N-dealkylation sites (tertiary alicyclic amines) is 1. The van der Waals surface area contributed by atoms with E-state index in [-0.39, 0.29) is 0 Å². The molecule has 2 aliphatic heterocycles. The third-order valence-electron chi connectivity index (χ3n) is 7.12. The lowest BCUT2D eigenvalue weighted by Crippen LogP contribution is -2.38. The fourth-order valence-corrected chi connectivity index (χ4v) is 5.44. The first-order valence-corrected chi connectivity index (χ1v) is 11.9. The number of morpholine rings is 1. The maximum atomic E-state index is 5.55. The molecule has 6 heteroatoms. The SMILES string of the molecule is c1ccc(N2CCOCC2)c(CN2CCCC(c3n[nH]c(C4CCCCC4)n3)C2)c1. The van der Waals surface area contributed by atoms with Crippen molar-refractivity contribution in [2.45, 2.75) is 63.3 Å². The second kappa shape index (κ2) is 9.48. The fraction of sp³-hybridized carbons (Fsp3) is 0.667. The number of piperidine rings is 1. The van der Waals surface area contributed by atoms with E-state index in [1.807, 2.05) is 0 Å². The standard InChI is InChI=1S/C24H35N5O/c1-2-7-19(8-3-1)23-25-24(27-26-23)21-10-6-12-28(18-21)17-20-9-4-5-11-22(20)29-13-15-30-16-14-29/h4-5,9,11,19,21H,1-3,6-8,10,12-18H2,(H,25,26,27). The molecule has 1 saturated carbocycles. The van der Waals surface area contributed by atoms with Crippen molar-refractivity contribution in [1.29, 1.82) is 0 Å². The van der Waals surface area contributed by atoms with Crippen LogP contribution in [0.1, 0.15) is 74.0 Å². The minimum absolute atomic E-state index is 0.447. The highest BCUT2D eigenvalue weighted by Crippen LogP contribution is 2.33. The van der Waals surface area contributed by atoms with E-state index in [0.29, 0.717) is 11.8 Å². The Morgan fingerprint density at radius 1 is 0.933 bits per heavy atom. The quantitative estimate of drug-likeness (QED) is 0.807. The molecule has 2 saturated heterocycles. The highest BCUT2D eigenvalue weighted by atomic mass is 16.5. The molecule has 1 N–H and O–H groups in total. The molecular weight excluding hydrogens is 374 g/mol. The predicted molar refractivity (Wildman–Crippen MR) is 119 cm³/mol. The molecule has 1 aliphatic carbocycles. The van der Waals surface area contributed by atoms with Gasteiger partial charge in [0, 0.05) is 43.7 Å². The van der Waals surface area contributed by atoms with Gasteiger partial charge in [-0.3, -0.25) is 10.00 Å². The van der Waals surface area contributed by atoms with Gasteiger partial charge >= 0.3 is 0 Å². The zero-order valence-electron chi connectivity index (χ0n) is 18.1. The molecule has 1 atom stereocenters. The minimum Gasteiger partial charge on any atom is -0.378 e. The Morgan fingerprint density at radius 3 is 2.60 bits per heavy atom. The molecule has 30 heavy (non-hydrogen) atoms. The van der Waals surface area contributed by atoms with E-state index in [1.54, 1.807) is 0 Å². The number of H-pyrrole nitrogens is 1. The van der Waals surface area contributed by atoms with Crippen LogP contribution in [0, 0.1) is 0 Å². The number of aromatic amines is 1. The van der Waals surface area contributed by atoms with E-state index in [1.165, 1.54) is 56.2 Å². The first-order chi connectivity index (χ1) is 14.9. The lowest BCUT2D eigenvalue weighted by Gasteiger charge is -2.34. The van der Waals surface area contributed by atoms with Crippen LogP contribution in [0.5, 0.6) is 0 Å². The minimum atomic E-state index is 0.447. The van der Waals surface area contributed by atoms with Gasteiger partial charge in [-0.05, 0) is 43.9 Å². The molecule has 162 valence electrons. The van der Waals surface area contributed by atoms with Crippen molar-refractivity contribution in [3.8, 4) is 0 Å². The summed E-state index contributed by atoms with van der Waals surface area (Å²) in [4.78, 5) is 10.1. The summed E-state index contributed by atoms with van der Waals surface area (Å²) in [7, 11) is 0. The smallest absolute Gasteiger partial charge is 0.155 e. The van der Waals surface area contributed by atoms with Crippen molar-refractivity contribution in [3.63, 3.8) is 0 Å². The molecule has 5 rings (SSSR count). The summed E-state index contributed by atoms with van der Waals surface area (Å²) >= 11 is 0. The number of rotatable bonds is 5. The summed E-state index contributed by atoms with van der Waals surface area (Å²) in [5.74, 6) is 3.23. The summed E-state index contributed by atoms with van der Waals surface area (Å²) in [6.45, 7) is 6.85. The van der Waals surface area contributed by atoms with Gasteiger partial charge in [-0.25, -0.2) is 4.98 Å². The number of nitrogens with zero attached hydrogens (tertiary/aromatic N) is 4. The van der Waals surface area contributed by atoms with Crippen LogP contribution in [0.4, 0.5) is 5.69 Å². The third-order valence-corrected chi connectivity index (χ3v) is 7.12. The number of ether oxygens (including phenoxy) is 1. The average Bonchev–Trinajstić information content (AvgIpc) is 3.31. The Bertz CT molecular complexity index is 809. The van der Waals surface area contributed by atoms with Crippen LogP contribution in [-0.2, 0) is 11.3 Å². The molecule has 1 aromatic carbocycles. The van der Waals surface area contributed by atoms with Crippen molar-refractivity contribution >= 4 is 5.69 Å². The number of hydrogen-bond donors (Lipinski definition) is 1. The molecule has 0 bridgehead atoms. The number of benzene rings is 1. The van der Waals surface area contributed by atoms with Gasteiger partial charge < -0.3 is 9.64 Å². The van der Waals surface area contributed by atoms with Crippen molar-refractivity contribution in [2.75, 3.05) is 44.3 Å². The number of para-hydroxylation sites is 1. The van der Waals surface area contributed by atoms with Crippen LogP contribution in [0.3, 0.4) is 0 Å². The maximum absolute atomic E-state index is 5.55. The Labute approximate surface area is 180 Å². The molecule has 3 fully saturated rings. The van der Waals surface area contributed by atoms with E-state index < -0.39 is 0 Å². The van der Waals surface area contributed by atoms with Crippen molar-refractivity contribution < 1.29 is 4.74 Å². The largest absolute Gasteiger partial charge is 0.378 e. The number of nitrogens with one attached hydrogen (secondary N) is 1. The molecule has 1 unspecified atom stereocenters. The summed E-state index contributed by atoms with van der Waals surface area (Å²) in [5.41, 5.74) is 2.80. The lowest BCUT2D eigenvalue weighted by atomic mass is 9.89. The van der Waals surface area contributed by atoms with Gasteiger partial charge in [-0.1, -0.05) is 37.5 Å². The number of aromatic nitrogens is 3. The van der Waals surface area contributed by atoms with E-state index in [9.17, 15) is 0 Å². The Hall–Kier alpha value is -1.92. The number of anilines is 1. The van der Waals surface area contributed by atoms with Crippen molar-refractivity contribution in [3.05, 3.63) is 41.5 Å². The van der Waals surface area contributed by atoms with Gasteiger partial charge in [0.1, 0.15) is 5.82 Å². The van der Waals surface area contributed by atoms with Crippen LogP contribution < -0.4 is 4.90 Å². The normalized spacial score (nSPS) is 24.3. The average molecular weight is 410 g/mol. The maximum Gasteiger partial charge on any atom is 0.155 e. The molecule has 2 aromatic rings. The molecule has 0 spiro atoms. The summed E-state index contributed by atoms with van der Waals surface area (Å²) in [5, 5.41) is 7.95. The highest BCUT2D eigenvalue weighted by Gasteiger charge is 2.27. The zero-order chi connectivity index (χ0) is 20.2. The molecule has 3 aliphatic rings. The predicted octanol–water partition coefficient (Wildman–Crippen LogP) is 4.07. The first kappa shape index (κ1) is 20.0. The van der Waals surface area contributed by atoms with Gasteiger partial charge in [0.15, 0.2) is 5.82 Å². The molecular formula is C24H35N5O. The number of hydrogen-bond acceptors (Lipinski definition) is 5. The Morgan fingerprint density at radius 2 is 1.73 bits per heavy atom. The highest BCUT2D eigenvalue weighted by molar-refractivity contribution is 5.54. The van der Waals surface area contributed by atoms with Crippen LogP contribution in [0.15, 0.2) is 24.3 Å². The van der Waals surface area contributed by atoms with Crippen molar-refractivity contribution in [1.82, 2.24) is 20.1 Å². The van der Waals surface area contributed by atoms with Crippen LogP contribution >= 0.6 is 0 Å². The van der Waals surface area contributed by atoms with Crippen LogP contribution in [-0.4, -0.2) is 59.5 Å². The molecule has 6 nitrogen and oxygen atoms in total.